The van der Waals surface area contributed by atoms with E-state index in [1.54, 1.807) is 0 Å². The van der Waals surface area contributed by atoms with Gasteiger partial charge in [0.2, 0.25) is 0 Å². The summed E-state index contributed by atoms with van der Waals surface area (Å²) >= 11 is 9.47. The van der Waals surface area contributed by atoms with Crippen molar-refractivity contribution in [3.63, 3.8) is 0 Å². The Morgan fingerprint density at radius 2 is 1.94 bits per heavy atom. The third-order valence-corrected chi connectivity index (χ3v) is 4.05. The Balaban J connectivity index is 2.38. The van der Waals surface area contributed by atoms with E-state index in [1.807, 2.05) is 44.4 Å². The Kier molecular flexibility index (Phi) is 4.38. The third-order valence-electron chi connectivity index (χ3n) is 2.83. The maximum absolute atomic E-state index is 6.02. The summed E-state index contributed by atoms with van der Waals surface area (Å²) in [5.74, 6) is 0. The van der Waals surface area contributed by atoms with Gasteiger partial charge in [0.05, 0.1) is 11.1 Å². The standard InChI is InChI=1S/C14H14BrClN2/c1-9-3-4-11(8-18-9)14(17-2)10-5-6-13(16)12(15)7-10/h3-8,14,17H,1-2H3. The predicted octanol–water partition coefficient (Wildman–Crippen LogP) is 4.11. The van der Waals surface area contributed by atoms with E-state index >= 15 is 0 Å². The highest BCUT2D eigenvalue weighted by molar-refractivity contribution is 9.10. The Morgan fingerprint density at radius 1 is 1.22 bits per heavy atom. The van der Waals surface area contributed by atoms with Gasteiger partial charge in [0.25, 0.3) is 0 Å². The number of pyridine rings is 1. The molecule has 0 radical (unpaired) electrons. The zero-order valence-corrected chi connectivity index (χ0v) is 12.6. The number of nitrogens with zero attached hydrogens (tertiary/aromatic N) is 1. The first-order valence-electron chi connectivity index (χ1n) is 5.66. The molecule has 0 aliphatic rings. The lowest BCUT2D eigenvalue weighted by atomic mass is 10.0. The summed E-state index contributed by atoms with van der Waals surface area (Å²) in [4.78, 5) is 4.34. The maximum Gasteiger partial charge on any atom is 0.0589 e. The van der Waals surface area contributed by atoms with Gasteiger partial charge in [-0.05, 0) is 59.2 Å². The lowest BCUT2D eigenvalue weighted by Crippen LogP contribution is -2.17. The van der Waals surface area contributed by atoms with Gasteiger partial charge < -0.3 is 5.32 Å². The summed E-state index contributed by atoms with van der Waals surface area (Å²) in [6, 6.07) is 10.2. The van der Waals surface area contributed by atoms with Gasteiger partial charge in [0, 0.05) is 16.4 Å². The molecule has 1 aromatic heterocycles. The topological polar surface area (TPSA) is 24.9 Å². The van der Waals surface area contributed by atoms with Crippen molar-refractivity contribution in [3.8, 4) is 0 Å². The van der Waals surface area contributed by atoms with Gasteiger partial charge in [-0.25, -0.2) is 0 Å². The molecule has 1 N–H and O–H groups in total. The van der Waals surface area contributed by atoms with Crippen LogP contribution in [0.15, 0.2) is 41.0 Å². The van der Waals surface area contributed by atoms with Gasteiger partial charge in [-0.15, -0.1) is 0 Å². The van der Waals surface area contributed by atoms with E-state index in [0.717, 1.165) is 26.3 Å². The van der Waals surface area contributed by atoms with Crippen LogP contribution in [0.3, 0.4) is 0 Å². The van der Waals surface area contributed by atoms with E-state index in [9.17, 15) is 0 Å². The molecule has 0 amide bonds. The average Bonchev–Trinajstić information content (AvgIpc) is 2.37. The molecule has 0 aliphatic heterocycles. The summed E-state index contributed by atoms with van der Waals surface area (Å²) < 4.78 is 0.905. The largest absolute Gasteiger partial charge is 0.309 e. The van der Waals surface area contributed by atoms with Gasteiger partial charge in [-0.1, -0.05) is 23.7 Å². The average molecular weight is 326 g/mol. The highest BCUT2D eigenvalue weighted by Gasteiger charge is 2.13. The Hall–Kier alpha value is -0.900. The minimum absolute atomic E-state index is 0.117. The maximum atomic E-state index is 6.02. The Morgan fingerprint density at radius 3 is 2.50 bits per heavy atom. The lowest BCUT2D eigenvalue weighted by molar-refractivity contribution is 0.688. The minimum atomic E-state index is 0.117. The van der Waals surface area contributed by atoms with Crippen molar-refractivity contribution < 1.29 is 0 Å². The molecule has 2 nitrogen and oxygen atoms in total. The zero-order valence-electron chi connectivity index (χ0n) is 10.2. The van der Waals surface area contributed by atoms with E-state index < -0.39 is 0 Å². The monoisotopic (exact) mass is 324 g/mol. The minimum Gasteiger partial charge on any atom is -0.309 e. The number of halogens is 2. The van der Waals surface area contributed by atoms with Crippen molar-refractivity contribution in [2.75, 3.05) is 7.05 Å². The van der Waals surface area contributed by atoms with Crippen molar-refractivity contribution >= 4 is 27.5 Å². The fraction of sp³-hybridized carbons (Fsp3) is 0.214. The van der Waals surface area contributed by atoms with E-state index in [4.69, 9.17) is 11.6 Å². The van der Waals surface area contributed by atoms with Crippen LogP contribution in [0, 0.1) is 6.92 Å². The van der Waals surface area contributed by atoms with Gasteiger partial charge in [-0.2, -0.15) is 0 Å². The first-order valence-corrected chi connectivity index (χ1v) is 6.83. The molecule has 94 valence electrons. The molecule has 2 rings (SSSR count). The zero-order chi connectivity index (χ0) is 13.1. The summed E-state index contributed by atoms with van der Waals surface area (Å²) in [5.41, 5.74) is 3.31. The van der Waals surface area contributed by atoms with Crippen molar-refractivity contribution in [2.45, 2.75) is 13.0 Å². The first-order chi connectivity index (χ1) is 8.61. The molecule has 1 atom stereocenters. The molecule has 1 unspecified atom stereocenters. The van der Waals surface area contributed by atoms with Gasteiger partial charge in [0.15, 0.2) is 0 Å². The number of rotatable bonds is 3. The highest BCUT2D eigenvalue weighted by atomic mass is 79.9. The summed E-state index contributed by atoms with van der Waals surface area (Å²) in [6.07, 6.45) is 1.90. The van der Waals surface area contributed by atoms with E-state index in [-0.39, 0.29) is 6.04 Å². The second-order valence-corrected chi connectivity index (χ2v) is 5.39. The first kappa shape index (κ1) is 13.5. The quantitative estimate of drug-likeness (QED) is 0.918. The van der Waals surface area contributed by atoms with Crippen LogP contribution in [-0.4, -0.2) is 12.0 Å². The van der Waals surface area contributed by atoms with Gasteiger partial charge in [0.1, 0.15) is 0 Å². The number of hydrogen-bond acceptors (Lipinski definition) is 2. The van der Waals surface area contributed by atoms with E-state index in [2.05, 4.69) is 32.3 Å². The Labute approximate surface area is 121 Å². The Bertz CT molecular complexity index is 540. The van der Waals surface area contributed by atoms with Crippen LogP contribution in [0.25, 0.3) is 0 Å². The smallest absolute Gasteiger partial charge is 0.0589 e. The molecule has 0 spiro atoms. The predicted molar refractivity (Wildman–Crippen MR) is 79.0 cm³/mol. The number of aromatic nitrogens is 1. The van der Waals surface area contributed by atoms with Crippen LogP contribution in [-0.2, 0) is 0 Å². The number of benzene rings is 1. The molecule has 0 aliphatic carbocycles. The van der Waals surface area contributed by atoms with Crippen LogP contribution in [0.4, 0.5) is 0 Å². The van der Waals surface area contributed by atoms with Crippen molar-refractivity contribution in [1.29, 1.82) is 0 Å². The van der Waals surface area contributed by atoms with Gasteiger partial charge >= 0.3 is 0 Å². The lowest BCUT2D eigenvalue weighted by Gasteiger charge is -2.17. The normalized spacial score (nSPS) is 12.4. The second kappa shape index (κ2) is 5.83. The second-order valence-electron chi connectivity index (χ2n) is 4.13. The molecule has 1 heterocycles. The summed E-state index contributed by atoms with van der Waals surface area (Å²) in [6.45, 7) is 1.98. The molecule has 0 fully saturated rings. The molecule has 0 saturated carbocycles. The third kappa shape index (κ3) is 2.91. The van der Waals surface area contributed by atoms with E-state index in [1.165, 1.54) is 0 Å². The number of aryl methyl sites for hydroxylation is 1. The van der Waals surface area contributed by atoms with E-state index in [0.29, 0.717) is 0 Å². The molecule has 0 bridgehead atoms. The van der Waals surface area contributed by atoms with Crippen LogP contribution in [0.2, 0.25) is 5.02 Å². The molecule has 1 aromatic carbocycles. The fourth-order valence-corrected chi connectivity index (χ4v) is 2.38. The molecule has 2 aromatic rings. The summed E-state index contributed by atoms with van der Waals surface area (Å²) in [7, 11) is 1.94. The molecule has 18 heavy (non-hydrogen) atoms. The van der Waals surface area contributed by atoms with Crippen molar-refractivity contribution in [3.05, 3.63) is 62.8 Å². The summed E-state index contributed by atoms with van der Waals surface area (Å²) in [5, 5.41) is 4.02. The molecular weight excluding hydrogens is 312 g/mol. The molecule has 4 heteroatoms. The molecular formula is C14H14BrClN2. The van der Waals surface area contributed by atoms with Crippen LogP contribution in [0.1, 0.15) is 22.9 Å². The van der Waals surface area contributed by atoms with Crippen LogP contribution in [0.5, 0.6) is 0 Å². The van der Waals surface area contributed by atoms with Crippen molar-refractivity contribution in [1.82, 2.24) is 10.3 Å². The number of hydrogen-bond donors (Lipinski definition) is 1. The van der Waals surface area contributed by atoms with Gasteiger partial charge in [-0.3, -0.25) is 4.98 Å². The number of nitrogens with one attached hydrogen (secondary N) is 1. The van der Waals surface area contributed by atoms with Crippen molar-refractivity contribution in [2.24, 2.45) is 0 Å². The SMILES string of the molecule is CNC(c1ccc(C)nc1)c1ccc(Cl)c(Br)c1. The fourth-order valence-electron chi connectivity index (χ4n) is 1.87. The van der Waals surface area contributed by atoms with Crippen LogP contribution >= 0.6 is 27.5 Å². The highest BCUT2D eigenvalue weighted by Crippen LogP contribution is 2.28. The van der Waals surface area contributed by atoms with Crippen LogP contribution < -0.4 is 5.32 Å². The molecule has 0 saturated heterocycles.